The predicted molar refractivity (Wildman–Crippen MR) is 120 cm³/mol. The number of anilines is 1. The fraction of sp³-hybridized carbons (Fsp3) is 0.280. The van der Waals surface area contributed by atoms with Gasteiger partial charge in [0.05, 0.1) is 6.61 Å². The van der Waals surface area contributed by atoms with Gasteiger partial charge < -0.3 is 15.0 Å². The highest BCUT2D eigenvalue weighted by molar-refractivity contribution is 6.04. The highest BCUT2D eigenvalue weighted by Crippen LogP contribution is 2.30. The van der Waals surface area contributed by atoms with Crippen molar-refractivity contribution >= 4 is 17.6 Å². The third-order valence-electron chi connectivity index (χ3n) is 5.19. The Morgan fingerprint density at radius 1 is 1.00 bits per heavy atom. The fourth-order valence-corrected chi connectivity index (χ4v) is 3.53. The summed E-state index contributed by atoms with van der Waals surface area (Å²) in [6.07, 6.45) is 0. The van der Waals surface area contributed by atoms with Crippen molar-refractivity contribution in [2.45, 2.75) is 40.5 Å². The maximum absolute atomic E-state index is 12.6. The number of aryl methyl sites for hydroxylation is 1. The molecule has 0 aliphatic rings. The van der Waals surface area contributed by atoms with E-state index in [1.807, 2.05) is 50.2 Å². The number of carbonyl (C=O) groups excluding carboxylic acids is 2. The molecule has 0 aliphatic carbocycles. The van der Waals surface area contributed by atoms with Crippen LogP contribution in [0, 0.1) is 13.8 Å². The number of aromatic amines is 1. The molecule has 5 heteroatoms. The molecular weight excluding hydrogens is 376 g/mol. The largest absolute Gasteiger partial charge is 0.461 e. The van der Waals surface area contributed by atoms with Crippen LogP contribution >= 0.6 is 0 Å². The number of nitrogens with one attached hydrogen (secondary N) is 2. The summed E-state index contributed by atoms with van der Waals surface area (Å²) in [4.78, 5) is 27.9. The second kappa shape index (κ2) is 8.99. The van der Waals surface area contributed by atoms with E-state index in [9.17, 15) is 9.59 Å². The Hall–Kier alpha value is -3.34. The lowest BCUT2D eigenvalue weighted by Crippen LogP contribution is -2.11. The van der Waals surface area contributed by atoms with Crippen LogP contribution in [0.1, 0.15) is 64.4 Å². The molecule has 3 rings (SSSR count). The quantitative estimate of drug-likeness (QED) is 0.506. The second-order valence-corrected chi connectivity index (χ2v) is 7.65. The van der Waals surface area contributed by atoms with Gasteiger partial charge in [-0.1, -0.05) is 38.1 Å². The molecule has 1 heterocycles. The van der Waals surface area contributed by atoms with E-state index < -0.39 is 0 Å². The van der Waals surface area contributed by atoms with Crippen LogP contribution in [0.4, 0.5) is 5.69 Å². The summed E-state index contributed by atoms with van der Waals surface area (Å²) in [5.41, 5.74) is 6.66. The second-order valence-electron chi connectivity index (χ2n) is 7.65. The zero-order valence-electron chi connectivity index (χ0n) is 18.1. The van der Waals surface area contributed by atoms with Crippen molar-refractivity contribution in [3.8, 4) is 11.1 Å². The SMILES string of the molecule is CCOC(=O)c1[nH]c(C)c(-c2ccc(C(=O)Nc3ccc(C(C)C)cc3)cc2)c1C. The van der Waals surface area contributed by atoms with Gasteiger partial charge in [0, 0.05) is 22.5 Å². The zero-order chi connectivity index (χ0) is 21.8. The topological polar surface area (TPSA) is 71.2 Å². The van der Waals surface area contributed by atoms with Crippen molar-refractivity contribution in [3.63, 3.8) is 0 Å². The maximum atomic E-state index is 12.6. The number of rotatable bonds is 6. The van der Waals surface area contributed by atoms with Gasteiger partial charge >= 0.3 is 5.97 Å². The Morgan fingerprint density at radius 2 is 1.63 bits per heavy atom. The van der Waals surface area contributed by atoms with E-state index in [1.165, 1.54) is 5.56 Å². The molecule has 0 saturated heterocycles. The van der Waals surface area contributed by atoms with Gasteiger partial charge in [-0.05, 0) is 67.6 Å². The average Bonchev–Trinajstić information content (AvgIpc) is 3.03. The van der Waals surface area contributed by atoms with Crippen molar-refractivity contribution < 1.29 is 14.3 Å². The minimum Gasteiger partial charge on any atom is -0.461 e. The Labute approximate surface area is 177 Å². The first-order valence-electron chi connectivity index (χ1n) is 10.2. The molecule has 3 aromatic rings. The van der Waals surface area contributed by atoms with Crippen LogP contribution in [0.3, 0.4) is 0 Å². The molecule has 0 fully saturated rings. The van der Waals surface area contributed by atoms with E-state index >= 15 is 0 Å². The average molecular weight is 405 g/mol. The summed E-state index contributed by atoms with van der Waals surface area (Å²) in [6, 6.07) is 15.3. The van der Waals surface area contributed by atoms with Crippen molar-refractivity contribution in [3.05, 3.63) is 76.6 Å². The van der Waals surface area contributed by atoms with Crippen molar-refractivity contribution in [2.24, 2.45) is 0 Å². The molecular formula is C25H28N2O3. The summed E-state index contributed by atoms with van der Waals surface area (Å²) in [6.45, 7) is 10.2. The summed E-state index contributed by atoms with van der Waals surface area (Å²) in [5, 5.41) is 2.93. The third-order valence-corrected chi connectivity index (χ3v) is 5.19. The molecule has 1 amide bonds. The van der Waals surface area contributed by atoms with Gasteiger partial charge in [0.1, 0.15) is 5.69 Å². The number of amides is 1. The highest BCUT2D eigenvalue weighted by Gasteiger charge is 2.19. The van der Waals surface area contributed by atoms with Crippen molar-refractivity contribution in [1.82, 2.24) is 4.98 Å². The molecule has 156 valence electrons. The Kier molecular flexibility index (Phi) is 6.40. The van der Waals surface area contributed by atoms with Gasteiger partial charge in [0.2, 0.25) is 0 Å². The molecule has 0 bridgehead atoms. The molecule has 2 N–H and O–H groups in total. The molecule has 0 saturated carbocycles. The number of hydrogen-bond donors (Lipinski definition) is 2. The van der Waals surface area contributed by atoms with Crippen LogP contribution in [0.25, 0.3) is 11.1 Å². The monoisotopic (exact) mass is 404 g/mol. The van der Waals surface area contributed by atoms with Crippen molar-refractivity contribution in [2.75, 3.05) is 11.9 Å². The molecule has 2 aromatic carbocycles. The van der Waals surface area contributed by atoms with Gasteiger partial charge in [-0.2, -0.15) is 0 Å². The number of H-pyrrole nitrogens is 1. The van der Waals surface area contributed by atoms with Crippen LogP contribution in [0.5, 0.6) is 0 Å². The molecule has 0 spiro atoms. The molecule has 0 radical (unpaired) electrons. The van der Waals surface area contributed by atoms with Gasteiger partial charge in [0.25, 0.3) is 5.91 Å². The number of aromatic nitrogens is 1. The zero-order valence-corrected chi connectivity index (χ0v) is 18.1. The van der Waals surface area contributed by atoms with E-state index in [1.54, 1.807) is 19.1 Å². The maximum Gasteiger partial charge on any atom is 0.355 e. The lowest BCUT2D eigenvalue weighted by molar-refractivity contribution is 0.0519. The van der Waals surface area contributed by atoms with Gasteiger partial charge in [-0.25, -0.2) is 4.79 Å². The summed E-state index contributed by atoms with van der Waals surface area (Å²) < 4.78 is 5.12. The van der Waals surface area contributed by atoms with Gasteiger partial charge in [-0.3, -0.25) is 4.79 Å². The molecule has 0 unspecified atom stereocenters. The Morgan fingerprint density at radius 3 is 2.20 bits per heavy atom. The standard InChI is InChI=1S/C25H28N2O3/c1-6-30-25(29)23-16(4)22(17(5)26-23)19-7-9-20(10-8-19)24(28)27-21-13-11-18(12-14-21)15(2)3/h7-15,26H,6H2,1-5H3,(H,27,28). The molecule has 30 heavy (non-hydrogen) atoms. The summed E-state index contributed by atoms with van der Waals surface area (Å²) in [5.74, 6) is -0.0654. The van der Waals surface area contributed by atoms with E-state index in [2.05, 4.69) is 24.1 Å². The molecule has 5 nitrogen and oxygen atoms in total. The first-order valence-corrected chi connectivity index (χ1v) is 10.2. The number of ether oxygens (including phenoxy) is 1. The highest BCUT2D eigenvalue weighted by atomic mass is 16.5. The van der Waals surface area contributed by atoms with E-state index in [4.69, 9.17) is 4.74 Å². The molecule has 1 aromatic heterocycles. The third kappa shape index (κ3) is 4.46. The Balaban J connectivity index is 1.78. The number of esters is 1. The molecule has 0 atom stereocenters. The summed E-state index contributed by atoms with van der Waals surface area (Å²) in [7, 11) is 0. The van der Waals surface area contributed by atoms with E-state index in [0.29, 0.717) is 23.8 Å². The lowest BCUT2D eigenvalue weighted by Gasteiger charge is -2.09. The Bertz CT molecular complexity index is 1050. The van der Waals surface area contributed by atoms with Crippen LogP contribution < -0.4 is 5.32 Å². The minimum absolute atomic E-state index is 0.159. The number of carbonyl (C=O) groups is 2. The van der Waals surface area contributed by atoms with Crippen LogP contribution in [-0.4, -0.2) is 23.5 Å². The summed E-state index contributed by atoms with van der Waals surface area (Å²) >= 11 is 0. The van der Waals surface area contributed by atoms with Crippen LogP contribution in [-0.2, 0) is 4.74 Å². The number of hydrogen-bond acceptors (Lipinski definition) is 3. The fourth-order valence-electron chi connectivity index (χ4n) is 3.53. The first kappa shape index (κ1) is 21.4. The smallest absolute Gasteiger partial charge is 0.355 e. The minimum atomic E-state index is -0.358. The van der Waals surface area contributed by atoms with Crippen LogP contribution in [0.15, 0.2) is 48.5 Å². The van der Waals surface area contributed by atoms with Crippen molar-refractivity contribution in [1.29, 1.82) is 0 Å². The van der Waals surface area contributed by atoms with Gasteiger partial charge in [0.15, 0.2) is 0 Å². The van der Waals surface area contributed by atoms with Crippen LogP contribution in [0.2, 0.25) is 0 Å². The van der Waals surface area contributed by atoms with E-state index in [0.717, 1.165) is 28.1 Å². The predicted octanol–water partition coefficient (Wildman–Crippen LogP) is 5.85. The first-order chi connectivity index (χ1) is 14.3. The van der Waals surface area contributed by atoms with Gasteiger partial charge in [-0.15, -0.1) is 0 Å². The molecule has 0 aliphatic heterocycles. The van der Waals surface area contributed by atoms with E-state index in [-0.39, 0.29) is 11.9 Å². The number of benzene rings is 2. The normalized spacial score (nSPS) is 10.9. The lowest BCUT2D eigenvalue weighted by atomic mass is 9.99.